The zero-order valence-electron chi connectivity index (χ0n) is 14.5. The van der Waals surface area contributed by atoms with E-state index in [0.29, 0.717) is 21.5 Å². The molecule has 0 spiro atoms. The molecule has 1 aromatic carbocycles. The van der Waals surface area contributed by atoms with Crippen LogP contribution < -0.4 is 5.32 Å². The molecule has 1 unspecified atom stereocenters. The lowest BCUT2D eigenvalue weighted by molar-refractivity contribution is -0.115. The van der Waals surface area contributed by atoms with Crippen molar-refractivity contribution in [3.8, 4) is 11.3 Å². The first-order valence-corrected chi connectivity index (χ1v) is 10.1. The molecule has 0 fully saturated rings. The van der Waals surface area contributed by atoms with Gasteiger partial charge in [-0.3, -0.25) is 4.79 Å². The molecule has 9 heteroatoms. The summed E-state index contributed by atoms with van der Waals surface area (Å²) in [7, 11) is 1.32. The molecule has 140 valence electrons. The van der Waals surface area contributed by atoms with Gasteiger partial charge in [0.05, 0.1) is 18.1 Å². The van der Waals surface area contributed by atoms with Crippen LogP contribution in [0.5, 0.6) is 0 Å². The molecule has 27 heavy (non-hydrogen) atoms. The predicted octanol–water partition coefficient (Wildman–Crippen LogP) is 4.70. The van der Waals surface area contributed by atoms with Gasteiger partial charge in [0.2, 0.25) is 5.91 Å². The van der Waals surface area contributed by atoms with Crippen molar-refractivity contribution < 1.29 is 14.3 Å². The summed E-state index contributed by atoms with van der Waals surface area (Å²) in [4.78, 5) is 32.1. The van der Waals surface area contributed by atoms with Gasteiger partial charge in [0, 0.05) is 27.1 Å². The van der Waals surface area contributed by atoms with E-state index in [1.165, 1.54) is 30.2 Å². The maximum atomic E-state index is 12.4. The molecule has 0 aliphatic rings. The fraction of sp³-hybridized carbons (Fsp3) is 0.167. The van der Waals surface area contributed by atoms with Gasteiger partial charge >= 0.3 is 5.97 Å². The molecular weight excluding hydrogens is 406 g/mol. The number of rotatable bonds is 6. The molecule has 0 saturated carbocycles. The number of amides is 1. The van der Waals surface area contributed by atoms with E-state index in [9.17, 15) is 9.59 Å². The van der Waals surface area contributed by atoms with Crippen LogP contribution in [0.1, 0.15) is 17.4 Å². The zero-order chi connectivity index (χ0) is 19.4. The van der Waals surface area contributed by atoms with E-state index in [4.69, 9.17) is 11.6 Å². The quantitative estimate of drug-likeness (QED) is 0.445. The lowest BCUT2D eigenvalue weighted by Gasteiger charge is -2.10. The number of methoxy groups -OCH3 is 1. The van der Waals surface area contributed by atoms with Crippen LogP contribution in [0.3, 0.4) is 0 Å². The summed E-state index contributed by atoms with van der Waals surface area (Å²) < 4.78 is 4.67. The van der Waals surface area contributed by atoms with Crippen molar-refractivity contribution in [1.29, 1.82) is 0 Å². The van der Waals surface area contributed by atoms with E-state index >= 15 is 0 Å². The monoisotopic (exact) mass is 421 g/mol. The maximum absolute atomic E-state index is 12.4. The van der Waals surface area contributed by atoms with Crippen LogP contribution in [-0.2, 0) is 9.53 Å². The van der Waals surface area contributed by atoms with Gasteiger partial charge in [0.15, 0.2) is 5.13 Å². The summed E-state index contributed by atoms with van der Waals surface area (Å²) >= 11 is 8.64. The molecule has 3 rings (SSSR count). The molecule has 2 N–H and O–H groups in total. The number of hydrogen-bond acceptors (Lipinski definition) is 6. The second-order valence-corrected chi connectivity index (χ2v) is 8.24. The number of hydrogen-bond donors (Lipinski definition) is 2. The number of nitrogens with zero attached hydrogens (tertiary/aromatic N) is 1. The van der Waals surface area contributed by atoms with Crippen molar-refractivity contribution in [3.05, 3.63) is 52.6 Å². The molecule has 2 aromatic heterocycles. The normalized spacial score (nSPS) is 11.8. The average molecular weight is 422 g/mol. The highest BCUT2D eigenvalue weighted by atomic mass is 35.5. The Morgan fingerprint density at radius 2 is 2.07 bits per heavy atom. The number of halogens is 1. The third-order valence-corrected chi connectivity index (χ3v) is 5.74. The van der Waals surface area contributed by atoms with Crippen LogP contribution in [0.2, 0.25) is 5.02 Å². The van der Waals surface area contributed by atoms with Gasteiger partial charge in [-0.1, -0.05) is 11.6 Å². The molecule has 3 aromatic rings. The summed E-state index contributed by atoms with van der Waals surface area (Å²) in [5.41, 5.74) is 1.76. The first-order chi connectivity index (χ1) is 13.0. The largest absolute Gasteiger partial charge is 0.464 e. The van der Waals surface area contributed by atoms with Crippen LogP contribution in [0.4, 0.5) is 5.13 Å². The third-order valence-electron chi connectivity index (χ3n) is 3.61. The lowest BCUT2D eigenvalue weighted by atomic mass is 10.2. The highest BCUT2D eigenvalue weighted by Gasteiger charge is 2.17. The molecule has 0 bridgehead atoms. The molecule has 6 nitrogen and oxygen atoms in total. The van der Waals surface area contributed by atoms with E-state index in [-0.39, 0.29) is 11.2 Å². The van der Waals surface area contributed by atoms with Crippen molar-refractivity contribution in [3.63, 3.8) is 0 Å². The van der Waals surface area contributed by atoms with Crippen molar-refractivity contribution in [2.45, 2.75) is 17.1 Å². The Morgan fingerprint density at radius 1 is 1.33 bits per heavy atom. The van der Waals surface area contributed by atoms with Gasteiger partial charge in [-0.25, -0.2) is 9.78 Å². The van der Waals surface area contributed by atoms with Gasteiger partial charge in [-0.2, -0.15) is 0 Å². The number of ether oxygens (including phenoxy) is 1. The van der Waals surface area contributed by atoms with E-state index in [2.05, 4.69) is 20.0 Å². The van der Waals surface area contributed by atoms with Gasteiger partial charge in [0.25, 0.3) is 0 Å². The second kappa shape index (κ2) is 8.60. The number of benzene rings is 1. The second-order valence-electron chi connectivity index (χ2n) is 5.53. The number of carbonyl (C=O) groups excluding carboxylic acids is 2. The smallest absolute Gasteiger partial charge is 0.354 e. The van der Waals surface area contributed by atoms with Crippen LogP contribution in [0.25, 0.3) is 11.3 Å². The number of carbonyl (C=O) groups is 2. The molecule has 2 heterocycles. The summed E-state index contributed by atoms with van der Waals surface area (Å²) in [6.45, 7) is 1.83. The van der Waals surface area contributed by atoms with Crippen LogP contribution in [-0.4, -0.2) is 34.2 Å². The summed E-state index contributed by atoms with van der Waals surface area (Å²) in [6, 6.07) is 9.00. The number of nitrogens with one attached hydrogen (secondary N) is 2. The van der Waals surface area contributed by atoms with Gasteiger partial charge in [0.1, 0.15) is 5.69 Å². The Hall–Kier alpha value is -2.29. The molecule has 0 saturated heterocycles. The Kier molecular flexibility index (Phi) is 6.20. The summed E-state index contributed by atoms with van der Waals surface area (Å²) in [5.74, 6) is -0.585. The average Bonchev–Trinajstić information content (AvgIpc) is 3.32. The number of aromatic nitrogens is 2. The number of thiazole rings is 1. The molecule has 0 aliphatic carbocycles. The number of aromatic amines is 1. The standard InChI is InChI=1S/C18H16ClN3O3S2/c1-10(27-13-5-3-12(19)4-6-13)16(23)22-18-21-15(9-26-18)11-7-14(20-8-11)17(24)25-2/h3-10,20H,1-2H3,(H,21,22,23). The van der Waals surface area contributed by atoms with E-state index in [1.807, 2.05) is 24.4 Å². The third kappa shape index (κ3) is 4.91. The maximum Gasteiger partial charge on any atom is 0.354 e. The first-order valence-electron chi connectivity index (χ1n) is 7.92. The van der Waals surface area contributed by atoms with Gasteiger partial charge in [-0.15, -0.1) is 23.1 Å². The van der Waals surface area contributed by atoms with Crippen molar-refractivity contribution in [1.82, 2.24) is 9.97 Å². The van der Waals surface area contributed by atoms with Gasteiger partial charge < -0.3 is 15.0 Å². The highest BCUT2D eigenvalue weighted by molar-refractivity contribution is 8.00. The van der Waals surface area contributed by atoms with Crippen LogP contribution >= 0.6 is 34.7 Å². The Bertz CT molecular complexity index is 953. The minimum Gasteiger partial charge on any atom is -0.464 e. The van der Waals surface area contributed by atoms with Crippen molar-refractivity contribution >= 4 is 51.7 Å². The Morgan fingerprint density at radius 3 is 2.78 bits per heavy atom. The molecule has 0 radical (unpaired) electrons. The molecular formula is C18H16ClN3O3S2. The molecule has 1 amide bonds. The summed E-state index contributed by atoms with van der Waals surface area (Å²) in [5, 5.41) is 5.50. The number of esters is 1. The molecule has 0 aliphatic heterocycles. The SMILES string of the molecule is COC(=O)c1cc(-c2csc(NC(=O)C(C)Sc3ccc(Cl)cc3)n2)c[nH]1. The van der Waals surface area contributed by atoms with E-state index in [0.717, 1.165) is 10.5 Å². The first kappa shape index (κ1) is 19.5. The number of anilines is 1. The zero-order valence-corrected chi connectivity index (χ0v) is 16.9. The number of thioether (sulfide) groups is 1. The van der Waals surface area contributed by atoms with Crippen molar-refractivity contribution in [2.24, 2.45) is 0 Å². The number of H-pyrrole nitrogens is 1. The minimum absolute atomic E-state index is 0.139. The topological polar surface area (TPSA) is 84.1 Å². The highest BCUT2D eigenvalue weighted by Crippen LogP contribution is 2.28. The lowest BCUT2D eigenvalue weighted by Crippen LogP contribution is -2.22. The fourth-order valence-corrected chi connectivity index (χ4v) is 3.93. The van der Waals surface area contributed by atoms with E-state index in [1.54, 1.807) is 24.4 Å². The Labute approximate surface area is 169 Å². The van der Waals surface area contributed by atoms with Crippen LogP contribution in [0, 0.1) is 0 Å². The Balaban J connectivity index is 1.62. The summed E-state index contributed by atoms with van der Waals surface area (Å²) in [6.07, 6.45) is 1.67. The van der Waals surface area contributed by atoms with Gasteiger partial charge in [-0.05, 0) is 37.3 Å². The van der Waals surface area contributed by atoms with Crippen LogP contribution in [0.15, 0.2) is 46.8 Å². The van der Waals surface area contributed by atoms with E-state index < -0.39 is 5.97 Å². The fourth-order valence-electron chi connectivity index (χ4n) is 2.21. The van der Waals surface area contributed by atoms with Crippen molar-refractivity contribution in [2.75, 3.05) is 12.4 Å². The predicted molar refractivity (Wildman–Crippen MR) is 109 cm³/mol. The minimum atomic E-state index is -0.446. The molecule has 1 atom stereocenters.